The van der Waals surface area contributed by atoms with Crippen molar-refractivity contribution in [1.82, 2.24) is 9.97 Å². The number of rotatable bonds is 7. The predicted molar refractivity (Wildman–Crippen MR) is 111 cm³/mol. The molecule has 1 aromatic heterocycles. The van der Waals surface area contributed by atoms with E-state index in [1.165, 1.54) is 0 Å². The largest absolute Gasteiger partial charge is 0.462 e. The molecule has 0 saturated heterocycles. The van der Waals surface area contributed by atoms with Crippen molar-refractivity contribution in [2.75, 3.05) is 17.2 Å². The summed E-state index contributed by atoms with van der Waals surface area (Å²) in [6.45, 7) is 4.39. The molecule has 2 aromatic carbocycles. The Balaban J connectivity index is 1.67. The van der Waals surface area contributed by atoms with Crippen molar-refractivity contribution in [3.63, 3.8) is 0 Å². The molecule has 0 atom stereocenters. The molecule has 0 bridgehead atoms. The Bertz CT molecular complexity index is 989. The highest BCUT2D eigenvalue weighted by Gasteiger charge is 2.12. The molecule has 0 saturated carbocycles. The number of carbonyl (C=O) groups is 2. The van der Waals surface area contributed by atoms with Crippen LogP contribution in [0.2, 0.25) is 0 Å². The van der Waals surface area contributed by atoms with E-state index in [-0.39, 0.29) is 11.6 Å². The lowest BCUT2D eigenvalue weighted by Gasteiger charge is -2.10. The fourth-order valence-electron chi connectivity index (χ4n) is 2.66. The van der Waals surface area contributed by atoms with Crippen LogP contribution in [0.1, 0.15) is 39.2 Å². The number of hydrogen-bond donors (Lipinski definition) is 2. The van der Waals surface area contributed by atoms with Gasteiger partial charge in [0.1, 0.15) is 17.3 Å². The highest BCUT2D eigenvalue weighted by molar-refractivity contribution is 6.03. The Labute approximate surface area is 169 Å². The van der Waals surface area contributed by atoms with Crippen molar-refractivity contribution in [3.05, 3.63) is 83.3 Å². The van der Waals surface area contributed by atoms with Crippen molar-refractivity contribution < 1.29 is 14.3 Å². The molecule has 0 radical (unpaired) electrons. The summed E-state index contributed by atoms with van der Waals surface area (Å²) in [4.78, 5) is 32.8. The number of nitrogens with zero attached hydrogens (tertiary/aromatic N) is 2. The second-order valence-corrected chi connectivity index (χ2v) is 6.28. The number of nitrogens with one attached hydrogen (secondary N) is 2. The van der Waals surface area contributed by atoms with E-state index in [1.54, 1.807) is 44.2 Å². The standard InChI is InChI=1S/C22H22N4O3/c1-3-29-22(28)17-9-11-18(12-10-17)26-21(27)19-13-20(25-15(2)24-19)23-14-16-7-5-4-6-8-16/h4-13H,3,14H2,1-2H3,(H,26,27)(H,23,24,25). The van der Waals surface area contributed by atoms with E-state index in [0.29, 0.717) is 36.0 Å². The van der Waals surface area contributed by atoms with Crippen LogP contribution in [0.5, 0.6) is 0 Å². The van der Waals surface area contributed by atoms with Crippen LogP contribution in [-0.4, -0.2) is 28.5 Å². The third kappa shape index (κ3) is 5.62. The van der Waals surface area contributed by atoms with E-state index >= 15 is 0 Å². The van der Waals surface area contributed by atoms with Crippen molar-refractivity contribution in [3.8, 4) is 0 Å². The van der Waals surface area contributed by atoms with Gasteiger partial charge in [0.05, 0.1) is 12.2 Å². The number of aryl methyl sites for hydroxylation is 1. The van der Waals surface area contributed by atoms with E-state index in [9.17, 15) is 9.59 Å². The quantitative estimate of drug-likeness (QED) is 0.596. The molecule has 3 aromatic rings. The lowest BCUT2D eigenvalue weighted by molar-refractivity contribution is 0.0526. The molecular formula is C22H22N4O3. The van der Waals surface area contributed by atoms with Crippen LogP contribution in [0.15, 0.2) is 60.7 Å². The van der Waals surface area contributed by atoms with Crippen molar-refractivity contribution in [1.29, 1.82) is 0 Å². The average molecular weight is 390 g/mol. The zero-order valence-electron chi connectivity index (χ0n) is 16.3. The first-order chi connectivity index (χ1) is 14.0. The van der Waals surface area contributed by atoms with Gasteiger partial charge in [-0.1, -0.05) is 30.3 Å². The van der Waals surface area contributed by atoms with Gasteiger partial charge in [-0.25, -0.2) is 14.8 Å². The van der Waals surface area contributed by atoms with Gasteiger partial charge in [0, 0.05) is 18.3 Å². The number of amides is 1. The summed E-state index contributed by atoms with van der Waals surface area (Å²) in [5.74, 6) is 0.308. The number of hydrogen-bond acceptors (Lipinski definition) is 6. The third-order valence-electron chi connectivity index (χ3n) is 4.04. The molecule has 0 aliphatic rings. The topological polar surface area (TPSA) is 93.2 Å². The molecule has 3 rings (SSSR count). The van der Waals surface area contributed by atoms with Crippen LogP contribution >= 0.6 is 0 Å². The van der Waals surface area contributed by atoms with E-state index in [2.05, 4.69) is 20.6 Å². The Morgan fingerprint density at radius 2 is 1.72 bits per heavy atom. The highest BCUT2D eigenvalue weighted by Crippen LogP contribution is 2.14. The normalized spacial score (nSPS) is 10.3. The minimum Gasteiger partial charge on any atom is -0.462 e. The first-order valence-corrected chi connectivity index (χ1v) is 9.27. The van der Waals surface area contributed by atoms with E-state index in [4.69, 9.17) is 4.74 Å². The van der Waals surface area contributed by atoms with Crippen LogP contribution in [-0.2, 0) is 11.3 Å². The summed E-state index contributed by atoms with van der Waals surface area (Å²) in [6.07, 6.45) is 0. The molecule has 0 unspecified atom stereocenters. The lowest BCUT2D eigenvalue weighted by Crippen LogP contribution is -2.16. The van der Waals surface area contributed by atoms with Crippen molar-refractivity contribution >= 4 is 23.4 Å². The predicted octanol–water partition coefficient (Wildman–Crippen LogP) is 3.83. The van der Waals surface area contributed by atoms with Gasteiger partial charge in [-0.2, -0.15) is 0 Å². The smallest absolute Gasteiger partial charge is 0.338 e. The second-order valence-electron chi connectivity index (χ2n) is 6.28. The van der Waals surface area contributed by atoms with Gasteiger partial charge in [-0.05, 0) is 43.7 Å². The Morgan fingerprint density at radius 3 is 2.41 bits per heavy atom. The Hall–Kier alpha value is -3.74. The molecule has 1 heterocycles. The Kier molecular flexibility index (Phi) is 6.52. The van der Waals surface area contributed by atoms with Gasteiger partial charge in [0.2, 0.25) is 0 Å². The zero-order chi connectivity index (χ0) is 20.6. The maximum absolute atomic E-state index is 12.6. The number of aromatic nitrogens is 2. The third-order valence-corrected chi connectivity index (χ3v) is 4.04. The maximum atomic E-state index is 12.6. The van der Waals surface area contributed by atoms with E-state index in [1.807, 2.05) is 30.3 Å². The summed E-state index contributed by atoms with van der Waals surface area (Å²) in [5.41, 5.74) is 2.34. The van der Waals surface area contributed by atoms with Gasteiger partial charge in [0.25, 0.3) is 5.91 Å². The average Bonchev–Trinajstić information content (AvgIpc) is 2.73. The molecule has 7 heteroatoms. The van der Waals surface area contributed by atoms with Gasteiger partial charge in [-0.15, -0.1) is 0 Å². The fourth-order valence-corrected chi connectivity index (χ4v) is 2.66. The number of ether oxygens (including phenoxy) is 1. The molecule has 0 aliphatic heterocycles. The Morgan fingerprint density at radius 1 is 1.00 bits per heavy atom. The number of benzene rings is 2. The minimum atomic E-state index is -0.397. The van der Waals surface area contributed by atoms with Gasteiger partial charge in [0.15, 0.2) is 0 Å². The molecule has 7 nitrogen and oxygen atoms in total. The van der Waals surface area contributed by atoms with E-state index < -0.39 is 5.97 Å². The maximum Gasteiger partial charge on any atom is 0.338 e. The first-order valence-electron chi connectivity index (χ1n) is 9.27. The summed E-state index contributed by atoms with van der Waals surface area (Å²) in [5, 5.41) is 5.99. The zero-order valence-corrected chi connectivity index (χ0v) is 16.3. The number of esters is 1. The van der Waals surface area contributed by atoms with Crippen molar-refractivity contribution in [2.24, 2.45) is 0 Å². The lowest BCUT2D eigenvalue weighted by atomic mass is 10.2. The molecule has 148 valence electrons. The van der Waals surface area contributed by atoms with Crippen LogP contribution in [0, 0.1) is 6.92 Å². The molecule has 2 N–H and O–H groups in total. The summed E-state index contributed by atoms with van der Waals surface area (Å²) >= 11 is 0. The molecule has 1 amide bonds. The first kappa shape index (κ1) is 20.0. The van der Waals surface area contributed by atoms with Gasteiger partial charge in [-0.3, -0.25) is 4.79 Å². The van der Waals surface area contributed by atoms with Crippen LogP contribution in [0.4, 0.5) is 11.5 Å². The second kappa shape index (κ2) is 9.45. The number of anilines is 2. The van der Waals surface area contributed by atoms with E-state index in [0.717, 1.165) is 5.56 Å². The molecule has 0 aliphatic carbocycles. The molecule has 0 spiro atoms. The number of carbonyl (C=O) groups excluding carboxylic acids is 2. The fraction of sp³-hybridized carbons (Fsp3) is 0.182. The van der Waals surface area contributed by atoms with Gasteiger partial charge >= 0.3 is 5.97 Å². The summed E-state index contributed by atoms with van der Waals surface area (Å²) in [7, 11) is 0. The highest BCUT2D eigenvalue weighted by atomic mass is 16.5. The monoisotopic (exact) mass is 390 g/mol. The minimum absolute atomic E-state index is 0.252. The van der Waals surface area contributed by atoms with Crippen LogP contribution in [0.3, 0.4) is 0 Å². The molecule has 0 fully saturated rings. The molecule has 29 heavy (non-hydrogen) atoms. The summed E-state index contributed by atoms with van der Waals surface area (Å²) in [6, 6.07) is 18.0. The van der Waals surface area contributed by atoms with Gasteiger partial charge < -0.3 is 15.4 Å². The summed E-state index contributed by atoms with van der Waals surface area (Å²) < 4.78 is 4.95. The SMILES string of the molecule is CCOC(=O)c1ccc(NC(=O)c2cc(NCc3ccccc3)nc(C)n2)cc1. The van der Waals surface area contributed by atoms with Crippen LogP contribution in [0.25, 0.3) is 0 Å². The molecular weight excluding hydrogens is 368 g/mol. The van der Waals surface area contributed by atoms with Crippen LogP contribution < -0.4 is 10.6 Å². The van der Waals surface area contributed by atoms with Crippen molar-refractivity contribution in [2.45, 2.75) is 20.4 Å².